The lowest BCUT2D eigenvalue weighted by Gasteiger charge is -2.34. The summed E-state index contributed by atoms with van der Waals surface area (Å²) in [6.07, 6.45) is 2.77. The van der Waals surface area contributed by atoms with E-state index in [2.05, 4.69) is 5.32 Å². The van der Waals surface area contributed by atoms with Crippen molar-refractivity contribution in [2.75, 3.05) is 32.7 Å². The predicted molar refractivity (Wildman–Crippen MR) is 107 cm³/mol. The van der Waals surface area contributed by atoms with Crippen LogP contribution in [-0.2, 0) is 14.8 Å². The van der Waals surface area contributed by atoms with E-state index < -0.39 is 16.1 Å². The molecule has 1 aromatic carbocycles. The fourth-order valence-electron chi connectivity index (χ4n) is 3.25. The maximum Gasteiger partial charge on any atom is 0.312 e. The number of nitrogens with one attached hydrogen (secondary N) is 1. The lowest BCUT2D eigenvalue weighted by atomic mass is 10.1. The van der Waals surface area contributed by atoms with Gasteiger partial charge < -0.3 is 16.0 Å². The Kier molecular flexibility index (Phi) is 7.82. The smallest absolute Gasteiger partial charge is 0.312 e. The van der Waals surface area contributed by atoms with E-state index in [1.54, 1.807) is 17.9 Å². The number of amides is 3. The molecule has 1 heterocycles. The Morgan fingerprint density at radius 3 is 2.39 bits per heavy atom. The monoisotopic (exact) mass is 410 g/mol. The summed E-state index contributed by atoms with van der Waals surface area (Å²) < 4.78 is 27.3. The molecule has 3 amide bonds. The lowest BCUT2D eigenvalue weighted by Crippen LogP contribution is -2.50. The Morgan fingerprint density at radius 1 is 1.07 bits per heavy atom. The van der Waals surface area contributed by atoms with Gasteiger partial charge in [0.2, 0.25) is 15.9 Å². The van der Waals surface area contributed by atoms with Crippen molar-refractivity contribution in [2.45, 2.75) is 44.4 Å². The summed E-state index contributed by atoms with van der Waals surface area (Å²) in [7, 11) is -3.55. The van der Waals surface area contributed by atoms with Crippen molar-refractivity contribution in [1.82, 2.24) is 14.5 Å². The average Bonchev–Trinajstić information content (AvgIpc) is 2.66. The van der Waals surface area contributed by atoms with Gasteiger partial charge in [-0.2, -0.15) is 4.31 Å². The summed E-state index contributed by atoms with van der Waals surface area (Å²) in [5.74, 6) is 0.0478. The molecule has 0 spiro atoms. The summed E-state index contributed by atoms with van der Waals surface area (Å²) in [5, 5.41) is 2.52. The molecular weight excluding hydrogens is 380 g/mol. The quantitative estimate of drug-likeness (QED) is 0.630. The van der Waals surface area contributed by atoms with E-state index in [0.717, 1.165) is 30.4 Å². The summed E-state index contributed by atoms with van der Waals surface area (Å²) in [5.41, 5.74) is 6.63. The average molecular weight is 411 g/mol. The Hall–Kier alpha value is -2.13. The zero-order valence-corrected chi connectivity index (χ0v) is 17.4. The molecule has 1 saturated heterocycles. The van der Waals surface area contributed by atoms with Crippen LogP contribution in [0.5, 0.6) is 0 Å². The van der Waals surface area contributed by atoms with Crippen LogP contribution in [0.1, 0.15) is 36.8 Å². The molecule has 9 heteroatoms. The molecule has 1 fully saturated rings. The van der Waals surface area contributed by atoms with E-state index in [0.29, 0.717) is 44.0 Å². The molecule has 156 valence electrons. The first kappa shape index (κ1) is 22.2. The number of rotatable bonds is 8. The van der Waals surface area contributed by atoms with Gasteiger partial charge in [-0.05, 0) is 43.9 Å². The number of nitrogens with zero attached hydrogens (tertiary/aromatic N) is 2. The van der Waals surface area contributed by atoms with E-state index >= 15 is 0 Å². The van der Waals surface area contributed by atoms with Gasteiger partial charge in [-0.3, -0.25) is 4.79 Å². The number of urea groups is 1. The maximum absolute atomic E-state index is 12.9. The number of aryl methyl sites for hydroxylation is 2. The molecule has 0 aliphatic carbocycles. The van der Waals surface area contributed by atoms with Crippen LogP contribution in [0.2, 0.25) is 0 Å². The van der Waals surface area contributed by atoms with Crippen LogP contribution in [0, 0.1) is 13.8 Å². The van der Waals surface area contributed by atoms with Crippen LogP contribution in [0.15, 0.2) is 23.1 Å². The zero-order valence-electron chi connectivity index (χ0n) is 16.6. The van der Waals surface area contributed by atoms with Crippen LogP contribution in [0.3, 0.4) is 0 Å². The van der Waals surface area contributed by atoms with Crippen molar-refractivity contribution in [3.8, 4) is 0 Å². The molecule has 8 nitrogen and oxygen atoms in total. The number of unbranched alkanes of at least 4 members (excludes halogenated alkanes) is 2. The summed E-state index contributed by atoms with van der Waals surface area (Å²) >= 11 is 0. The van der Waals surface area contributed by atoms with E-state index in [9.17, 15) is 18.0 Å². The van der Waals surface area contributed by atoms with Crippen LogP contribution >= 0.6 is 0 Å². The van der Waals surface area contributed by atoms with E-state index in [-0.39, 0.29) is 5.91 Å². The summed E-state index contributed by atoms with van der Waals surface area (Å²) in [4.78, 5) is 25.0. The third-order valence-corrected chi connectivity index (χ3v) is 6.96. The summed E-state index contributed by atoms with van der Waals surface area (Å²) in [6, 6.07) is 4.88. The second-order valence-electron chi connectivity index (χ2n) is 7.16. The first-order valence-corrected chi connectivity index (χ1v) is 11.0. The Balaban J connectivity index is 1.81. The highest BCUT2D eigenvalue weighted by Crippen LogP contribution is 2.22. The van der Waals surface area contributed by atoms with Gasteiger partial charge in [0.05, 0.1) is 4.90 Å². The van der Waals surface area contributed by atoms with E-state index in [4.69, 9.17) is 5.73 Å². The number of carbonyl (C=O) groups excluding carboxylic acids is 2. The van der Waals surface area contributed by atoms with Gasteiger partial charge in [0.25, 0.3) is 0 Å². The highest BCUT2D eigenvalue weighted by atomic mass is 32.2. The molecule has 1 aliphatic rings. The van der Waals surface area contributed by atoms with Crippen molar-refractivity contribution in [1.29, 1.82) is 0 Å². The number of sulfonamides is 1. The minimum Gasteiger partial charge on any atom is -0.352 e. The van der Waals surface area contributed by atoms with Crippen LogP contribution in [0.25, 0.3) is 0 Å². The number of carbonyl (C=O) groups is 2. The summed E-state index contributed by atoms with van der Waals surface area (Å²) in [6.45, 7) is 5.62. The Bertz CT molecular complexity index is 802. The third kappa shape index (κ3) is 5.93. The minimum absolute atomic E-state index is 0.0478. The molecule has 0 bridgehead atoms. The van der Waals surface area contributed by atoms with Gasteiger partial charge in [-0.1, -0.05) is 18.6 Å². The van der Waals surface area contributed by atoms with Crippen molar-refractivity contribution in [2.24, 2.45) is 5.73 Å². The Labute approximate surface area is 167 Å². The number of hydrogen-bond acceptors (Lipinski definition) is 4. The molecule has 28 heavy (non-hydrogen) atoms. The largest absolute Gasteiger partial charge is 0.352 e. The highest BCUT2D eigenvalue weighted by molar-refractivity contribution is 7.89. The number of benzene rings is 1. The molecule has 0 saturated carbocycles. The first-order chi connectivity index (χ1) is 13.2. The molecule has 1 aromatic rings. The number of piperazine rings is 1. The van der Waals surface area contributed by atoms with Crippen LogP contribution in [0.4, 0.5) is 4.79 Å². The highest BCUT2D eigenvalue weighted by Gasteiger charge is 2.30. The normalized spacial score (nSPS) is 15.4. The second kappa shape index (κ2) is 9.88. The number of primary amides is 1. The zero-order chi connectivity index (χ0) is 20.7. The lowest BCUT2D eigenvalue weighted by molar-refractivity contribution is -0.132. The van der Waals surface area contributed by atoms with Crippen molar-refractivity contribution < 1.29 is 18.0 Å². The maximum atomic E-state index is 12.9. The van der Waals surface area contributed by atoms with Gasteiger partial charge in [-0.15, -0.1) is 0 Å². The molecule has 0 radical (unpaired) electrons. The fraction of sp³-hybridized carbons (Fsp3) is 0.579. The van der Waals surface area contributed by atoms with Gasteiger partial charge >= 0.3 is 6.03 Å². The van der Waals surface area contributed by atoms with Crippen molar-refractivity contribution in [3.05, 3.63) is 29.3 Å². The minimum atomic E-state index is -3.55. The fourth-order valence-corrected chi connectivity index (χ4v) is 4.98. The molecular formula is C19H30N4O4S. The second-order valence-corrected chi connectivity index (χ2v) is 9.06. The molecule has 0 atom stereocenters. The SMILES string of the molecule is Cc1ccc(C)c(S(=O)(=O)N2CCN(C(=O)CCCCCNC(N)=O)CC2)c1. The number of nitrogens with two attached hydrogens (primary N) is 1. The molecule has 0 unspecified atom stereocenters. The third-order valence-electron chi connectivity index (χ3n) is 4.92. The predicted octanol–water partition coefficient (Wildman–Crippen LogP) is 1.37. The van der Waals surface area contributed by atoms with Crippen LogP contribution < -0.4 is 11.1 Å². The first-order valence-electron chi connectivity index (χ1n) is 9.60. The molecule has 2 rings (SSSR count). The standard InChI is InChI=1S/C19H30N4O4S/c1-15-7-8-16(2)17(14-15)28(26,27)23-12-10-22(11-13-23)18(24)6-4-3-5-9-21-19(20)25/h7-8,14H,3-6,9-13H2,1-2H3,(H3,20,21,25). The van der Waals surface area contributed by atoms with Gasteiger partial charge in [0.15, 0.2) is 0 Å². The topological polar surface area (TPSA) is 113 Å². The van der Waals surface area contributed by atoms with Crippen molar-refractivity contribution >= 4 is 22.0 Å². The number of hydrogen-bond donors (Lipinski definition) is 2. The van der Waals surface area contributed by atoms with Gasteiger partial charge in [0.1, 0.15) is 0 Å². The molecule has 0 aromatic heterocycles. The molecule has 1 aliphatic heterocycles. The van der Waals surface area contributed by atoms with E-state index in [1.807, 2.05) is 19.1 Å². The van der Waals surface area contributed by atoms with Crippen molar-refractivity contribution in [3.63, 3.8) is 0 Å². The van der Waals surface area contributed by atoms with E-state index in [1.165, 1.54) is 4.31 Å². The Morgan fingerprint density at radius 2 is 1.75 bits per heavy atom. The molecule has 3 N–H and O–H groups in total. The van der Waals surface area contributed by atoms with Gasteiger partial charge in [-0.25, -0.2) is 13.2 Å². The van der Waals surface area contributed by atoms with Gasteiger partial charge in [0, 0.05) is 39.1 Å². The van der Waals surface area contributed by atoms with Crippen LogP contribution in [-0.4, -0.2) is 62.3 Å².